The Labute approximate surface area is 177 Å². The molecular weight excluding hydrogens is 440 g/mol. The van der Waals surface area contributed by atoms with Crippen LogP contribution in [0.4, 0.5) is 10.1 Å². The molecule has 0 radical (unpaired) electrons. The molecule has 4 N–H and O–H groups in total. The van der Waals surface area contributed by atoms with Crippen LogP contribution in [0, 0.1) is 5.82 Å². The molecule has 0 saturated heterocycles. The van der Waals surface area contributed by atoms with Gasteiger partial charge in [0.15, 0.2) is 0 Å². The van der Waals surface area contributed by atoms with E-state index in [1.807, 2.05) is 0 Å². The SMILES string of the molecule is NS(=O)(=O)c1cc(NC(O)Cc2ccc(Cl)cc2Cl)ccc1-c1cncc(F)c1. The van der Waals surface area contributed by atoms with Gasteiger partial charge in [0, 0.05) is 39.5 Å². The Kier molecular flexibility index (Phi) is 6.40. The molecule has 6 nitrogen and oxygen atoms in total. The van der Waals surface area contributed by atoms with Crippen LogP contribution < -0.4 is 10.5 Å². The zero-order valence-electron chi connectivity index (χ0n) is 14.8. The third kappa shape index (κ3) is 5.43. The molecule has 0 aliphatic carbocycles. The van der Waals surface area contributed by atoms with E-state index >= 15 is 0 Å². The third-order valence-electron chi connectivity index (χ3n) is 4.07. The maximum absolute atomic E-state index is 13.5. The lowest BCUT2D eigenvalue weighted by Gasteiger charge is -2.17. The summed E-state index contributed by atoms with van der Waals surface area (Å²) in [7, 11) is -4.13. The van der Waals surface area contributed by atoms with Gasteiger partial charge in [-0.05, 0) is 35.9 Å². The van der Waals surface area contributed by atoms with Crippen molar-refractivity contribution >= 4 is 38.9 Å². The molecule has 0 aliphatic heterocycles. The van der Waals surface area contributed by atoms with Gasteiger partial charge in [-0.2, -0.15) is 0 Å². The van der Waals surface area contributed by atoms with E-state index in [-0.39, 0.29) is 22.4 Å². The van der Waals surface area contributed by atoms with E-state index in [1.54, 1.807) is 24.3 Å². The average molecular weight is 456 g/mol. The number of primary sulfonamides is 1. The minimum Gasteiger partial charge on any atom is -0.373 e. The first-order chi connectivity index (χ1) is 13.6. The highest BCUT2D eigenvalue weighted by atomic mass is 35.5. The van der Waals surface area contributed by atoms with Crippen molar-refractivity contribution in [3.8, 4) is 11.1 Å². The molecule has 3 aromatic rings. The second-order valence-electron chi connectivity index (χ2n) is 6.25. The van der Waals surface area contributed by atoms with Gasteiger partial charge in [-0.1, -0.05) is 35.3 Å². The largest absolute Gasteiger partial charge is 0.373 e. The van der Waals surface area contributed by atoms with E-state index in [9.17, 15) is 17.9 Å². The summed E-state index contributed by atoms with van der Waals surface area (Å²) in [6.45, 7) is 0. The number of anilines is 1. The Morgan fingerprint density at radius 1 is 1.14 bits per heavy atom. The van der Waals surface area contributed by atoms with Crippen molar-refractivity contribution in [1.29, 1.82) is 0 Å². The van der Waals surface area contributed by atoms with Gasteiger partial charge in [0.1, 0.15) is 12.0 Å². The lowest BCUT2D eigenvalue weighted by Crippen LogP contribution is -2.22. The molecular formula is C19H16Cl2FN3O3S. The summed E-state index contributed by atoms with van der Waals surface area (Å²) in [5, 5.41) is 19.3. The zero-order valence-corrected chi connectivity index (χ0v) is 17.1. The van der Waals surface area contributed by atoms with E-state index in [0.717, 1.165) is 12.3 Å². The van der Waals surface area contributed by atoms with E-state index in [2.05, 4.69) is 10.3 Å². The Hall–Kier alpha value is -2.23. The number of halogens is 3. The molecule has 3 rings (SSSR count). The number of hydrogen-bond donors (Lipinski definition) is 3. The van der Waals surface area contributed by atoms with Gasteiger partial charge in [0.05, 0.1) is 11.1 Å². The molecule has 1 heterocycles. The van der Waals surface area contributed by atoms with Gasteiger partial charge in [-0.15, -0.1) is 0 Å². The number of pyridine rings is 1. The topological polar surface area (TPSA) is 105 Å². The van der Waals surface area contributed by atoms with Gasteiger partial charge < -0.3 is 10.4 Å². The van der Waals surface area contributed by atoms with Crippen molar-refractivity contribution in [3.05, 3.63) is 76.3 Å². The van der Waals surface area contributed by atoms with Crippen LogP contribution in [0.5, 0.6) is 0 Å². The third-order valence-corrected chi connectivity index (χ3v) is 5.60. The smallest absolute Gasteiger partial charge is 0.238 e. The van der Waals surface area contributed by atoms with Gasteiger partial charge in [-0.3, -0.25) is 4.98 Å². The molecule has 0 saturated carbocycles. The van der Waals surface area contributed by atoms with Gasteiger partial charge in [0.25, 0.3) is 0 Å². The fourth-order valence-electron chi connectivity index (χ4n) is 2.78. The van der Waals surface area contributed by atoms with Crippen LogP contribution >= 0.6 is 23.2 Å². The summed E-state index contributed by atoms with van der Waals surface area (Å²) < 4.78 is 37.6. The lowest BCUT2D eigenvalue weighted by atomic mass is 10.1. The van der Waals surface area contributed by atoms with E-state index < -0.39 is 22.1 Å². The average Bonchev–Trinajstić information content (AvgIpc) is 2.63. The molecule has 0 bridgehead atoms. The fraction of sp³-hybridized carbons (Fsp3) is 0.105. The molecule has 29 heavy (non-hydrogen) atoms. The highest BCUT2D eigenvalue weighted by Crippen LogP contribution is 2.30. The molecule has 10 heteroatoms. The predicted octanol–water partition coefficient (Wildman–Crippen LogP) is 3.81. The van der Waals surface area contributed by atoms with Crippen LogP contribution in [0.2, 0.25) is 10.0 Å². The van der Waals surface area contributed by atoms with Gasteiger partial charge >= 0.3 is 0 Å². The monoisotopic (exact) mass is 455 g/mol. The summed E-state index contributed by atoms with van der Waals surface area (Å²) in [6.07, 6.45) is 1.42. The highest BCUT2D eigenvalue weighted by Gasteiger charge is 2.18. The number of aromatic nitrogens is 1. The number of sulfonamides is 1. The van der Waals surface area contributed by atoms with E-state index in [1.165, 1.54) is 18.3 Å². The minimum absolute atomic E-state index is 0.149. The lowest BCUT2D eigenvalue weighted by molar-refractivity contribution is 0.204. The first-order valence-corrected chi connectivity index (χ1v) is 10.6. The number of aliphatic hydroxyl groups excluding tert-OH is 1. The minimum atomic E-state index is -4.13. The number of aliphatic hydroxyl groups is 1. The van der Waals surface area contributed by atoms with Crippen LogP contribution in [-0.2, 0) is 16.4 Å². The second-order valence-corrected chi connectivity index (χ2v) is 8.62. The Balaban J connectivity index is 1.89. The molecule has 0 spiro atoms. The number of nitrogens with one attached hydrogen (secondary N) is 1. The predicted molar refractivity (Wildman–Crippen MR) is 111 cm³/mol. The second kappa shape index (κ2) is 8.64. The molecule has 2 aromatic carbocycles. The molecule has 152 valence electrons. The maximum atomic E-state index is 13.5. The molecule has 1 aromatic heterocycles. The van der Waals surface area contributed by atoms with Crippen LogP contribution in [0.25, 0.3) is 11.1 Å². The maximum Gasteiger partial charge on any atom is 0.238 e. The van der Waals surface area contributed by atoms with Crippen LogP contribution in [-0.4, -0.2) is 24.7 Å². The Bertz CT molecular complexity index is 1160. The summed E-state index contributed by atoms with van der Waals surface area (Å²) in [5.41, 5.74) is 1.42. The number of nitrogens with zero attached hydrogens (tertiary/aromatic N) is 1. The first kappa shape index (κ1) is 21.5. The summed E-state index contributed by atoms with van der Waals surface area (Å²) in [5.74, 6) is -0.611. The van der Waals surface area contributed by atoms with Crippen LogP contribution in [0.15, 0.2) is 59.8 Å². The normalized spacial score (nSPS) is 12.6. The van der Waals surface area contributed by atoms with Crippen LogP contribution in [0.1, 0.15) is 5.56 Å². The van der Waals surface area contributed by atoms with Crippen molar-refractivity contribution in [1.82, 2.24) is 4.98 Å². The molecule has 0 amide bonds. The quantitative estimate of drug-likeness (QED) is 0.490. The van der Waals surface area contributed by atoms with E-state index in [0.29, 0.717) is 21.3 Å². The first-order valence-electron chi connectivity index (χ1n) is 8.30. The highest BCUT2D eigenvalue weighted by molar-refractivity contribution is 7.89. The summed E-state index contributed by atoms with van der Waals surface area (Å²) in [6, 6.07) is 10.3. The van der Waals surface area contributed by atoms with Crippen molar-refractivity contribution in [2.45, 2.75) is 17.5 Å². The van der Waals surface area contributed by atoms with Gasteiger partial charge in [-0.25, -0.2) is 17.9 Å². The van der Waals surface area contributed by atoms with Crippen molar-refractivity contribution in [3.63, 3.8) is 0 Å². The number of benzene rings is 2. The summed E-state index contributed by atoms with van der Waals surface area (Å²) in [4.78, 5) is 3.50. The fourth-order valence-corrected chi connectivity index (χ4v) is 4.05. The molecule has 1 unspecified atom stereocenters. The standard InChI is InChI=1S/C19H16Cl2FN3O3S/c20-13-2-1-11(17(21)7-13)6-19(26)25-15-3-4-16(18(8-15)29(23,27)28)12-5-14(22)10-24-9-12/h1-5,7-10,19,25-26H,6H2,(H2,23,27,28). The number of rotatable bonds is 6. The Morgan fingerprint density at radius 3 is 2.55 bits per heavy atom. The number of nitrogens with two attached hydrogens (primary N) is 1. The Morgan fingerprint density at radius 2 is 1.90 bits per heavy atom. The molecule has 0 aliphatic rings. The summed E-state index contributed by atoms with van der Waals surface area (Å²) >= 11 is 12.0. The van der Waals surface area contributed by atoms with Crippen molar-refractivity contribution in [2.24, 2.45) is 5.14 Å². The van der Waals surface area contributed by atoms with Gasteiger partial charge in [0.2, 0.25) is 10.0 Å². The zero-order chi connectivity index (χ0) is 21.2. The molecule has 1 atom stereocenters. The molecule has 0 fully saturated rings. The van der Waals surface area contributed by atoms with Crippen LogP contribution in [0.3, 0.4) is 0 Å². The van der Waals surface area contributed by atoms with Crippen molar-refractivity contribution < 1.29 is 17.9 Å². The van der Waals surface area contributed by atoms with E-state index in [4.69, 9.17) is 28.3 Å². The van der Waals surface area contributed by atoms with Crippen molar-refractivity contribution in [2.75, 3.05) is 5.32 Å². The number of hydrogen-bond acceptors (Lipinski definition) is 5.